The summed E-state index contributed by atoms with van der Waals surface area (Å²) in [4.78, 5) is 68.8. The molecular weight excluding hydrogens is 674 g/mol. The molecule has 52 heavy (non-hydrogen) atoms. The number of aromatic nitrogens is 1. The van der Waals surface area contributed by atoms with Crippen molar-refractivity contribution in [2.45, 2.75) is 52.9 Å². The maximum Gasteiger partial charge on any atom is 0.511 e. The zero-order chi connectivity index (χ0) is 37.9. The zero-order valence-electron chi connectivity index (χ0n) is 29.5. The molecule has 1 saturated carbocycles. The first-order valence-electron chi connectivity index (χ1n) is 16.5. The van der Waals surface area contributed by atoms with Gasteiger partial charge in [0.05, 0.1) is 19.8 Å². The van der Waals surface area contributed by atoms with Crippen LogP contribution in [0.1, 0.15) is 83.0 Å². The van der Waals surface area contributed by atoms with Crippen LogP contribution < -0.4 is 20.7 Å². The molecule has 0 aliphatic heterocycles. The highest BCUT2D eigenvalue weighted by molar-refractivity contribution is 6.11. The highest BCUT2D eigenvalue weighted by Crippen LogP contribution is 2.35. The van der Waals surface area contributed by atoms with Gasteiger partial charge in [0, 0.05) is 47.0 Å². The molecule has 15 nitrogen and oxygen atoms in total. The minimum atomic E-state index is -1.40. The van der Waals surface area contributed by atoms with E-state index >= 15 is 0 Å². The third-order valence-electron chi connectivity index (χ3n) is 7.50. The summed E-state index contributed by atoms with van der Waals surface area (Å²) in [7, 11) is 1.43. The monoisotopic (exact) mass is 715 g/mol. The van der Waals surface area contributed by atoms with Gasteiger partial charge in [0.25, 0.3) is 11.8 Å². The molecule has 3 amide bonds. The first kappa shape index (κ1) is 38.6. The number of pyridine rings is 1. The van der Waals surface area contributed by atoms with Crippen molar-refractivity contribution in [2.75, 3.05) is 25.6 Å². The van der Waals surface area contributed by atoms with E-state index in [1.165, 1.54) is 68.6 Å². The van der Waals surface area contributed by atoms with E-state index in [-0.39, 0.29) is 40.5 Å². The van der Waals surface area contributed by atoms with Crippen LogP contribution in [-0.4, -0.2) is 73.5 Å². The second kappa shape index (κ2) is 17.6. The maximum absolute atomic E-state index is 13.9. The quantitative estimate of drug-likeness (QED) is 0.0506. The highest BCUT2D eigenvalue weighted by Gasteiger charge is 2.28. The minimum Gasteiger partial charge on any atom is -0.496 e. The number of carbonyl (C=O) groups is 5. The Hall–Kier alpha value is -6.25. The van der Waals surface area contributed by atoms with E-state index in [0.717, 1.165) is 12.8 Å². The van der Waals surface area contributed by atoms with Crippen LogP contribution >= 0.6 is 0 Å². The average molecular weight is 716 g/mol. The fraction of sp³-hybridized carbons (Fsp3) is 0.324. The molecule has 1 atom stereocenters. The minimum absolute atomic E-state index is 0.0723. The van der Waals surface area contributed by atoms with Crippen molar-refractivity contribution in [1.29, 1.82) is 5.41 Å². The fourth-order valence-corrected chi connectivity index (χ4v) is 4.80. The molecule has 1 aliphatic carbocycles. The predicted molar refractivity (Wildman–Crippen MR) is 190 cm³/mol. The molecule has 0 bridgehead atoms. The summed E-state index contributed by atoms with van der Waals surface area (Å²) in [5, 5.41) is 16.0. The Morgan fingerprint density at radius 2 is 1.67 bits per heavy atom. The van der Waals surface area contributed by atoms with Gasteiger partial charge in [-0.3, -0.25) is 20.3 Å². The normalized spacial score (nSPS) is 12.5. The number of benzene rings is 2. The SMILES string of the molecule is C=Cc1cc(C(=O)Nc2ccc(C(=N)NC(=O)OCC)cc2)c(-c2ccc(C(=O)NCC3CC3)nc2C(=O)OC(C)OC(=O)OC(C)C)cc1OC. The van der Waals surface area contributed by atoms with Crippen molar-refractivity contribution in [2.24, 2.45) is 5.92 Å². The Bertz CT molecular complexity index is 1850. The molecular formula is C37H41N5O10. The van der Waals surface area contributed by atoms with Crippen LogP contribution in [0.3, 0.4) is 0 Å². The Labute approximate surface area is 300 Å². The largest absolute Gasteiger partial charge is 0.511 e. The van der Waals surface area contributed by atoms with E-state index < -0.39 is 42.4 Å². The Kier molecular flexibility index (Phi) is 13.1. The van der Waals surface area contributed by atoms with Gasteiger partial charge in [-0.05, 0) is 88.1 Å². The first-order chi connectivity index (χ1) is 24.8. The second-order valence-corrected chi connectivity index (χ2v) is 11.8. The average Bonchev–Trinajstić information content (AvgIpc) is 3.94. The van der Waals surface area contributed by atoms with Gasteiger partial charge in [-0.25, -0.2) is 19.4 Å². The van der Waals surface area contributed by atoms with E-state index in [1.807, 2.05) is 0 Å². The number of alkyl carbamates (subject to hydrolysis) is 1. The lowest BCUT2D eigenvalue weighted by atomic mass is 9.94. The topological polar surface area (TPSA) is 204 Å². The lowest BCUT2D eigenvalue weighted by Gasteiger charge is -2.18. The molecule has 15 heteroatoms. The fourth-order valence-electron chi connectivity index (χ4n) is 4.80. The van der Waals surface area contributed by atoms with Crippen molar-refractivity contribution >= 4 is 47.6 Å². The lowest BCUT2D eigenvalue weighted by Crippen LogP contribution is -2.31. The molecule has 274 valence electrons. The number of hydrogen-bond acceptors (Lipinski definition) is 12. The van der Waals surface area contributed by atoms with E-state index in [2.05, 4.69) is 27.5 Å². The van der Waals surface area contributed by atoms with Crippen LogP contribution in [0, 0.1) is 11.3 Å². The number of amidine groups is 1. The van der Waals surface area contributed by atoms with E-state index in [0.29, 0.717) is 35.0 Å². The van der Waals surface area contributed by atoms with Crippen molar-refractivity contribution < 1.29 is 47.7 Å². The summed E-state index contributed by atoms with van der Waals surface area (Å²) in [5.41, 5.74) is 1.12. The number of nitrogens with zero attached hydrogens (tertiary/aromatic N) is 1. The van der Waals surface area contributed by atoms with Gasteiger partial charge in [0.15, 0.2) is 5.69 Å². The molecule has 1 heterocycles. The van der Waals surface area contributed by atoms with E-state index in [4.69, 9.17) is 29.1 Å². The smallest absolute Gasteiger partial charge is 0.496 e. The molecule has 3 aromatic rings. The number of methoxy groups -OCH3 is 1. The summed E-state index contributed by atoms with van der Waals surface area (Å²) < 4.78 is 25.8. The van der Waals surface area contributed by atoms with E-state index in [1.54, 1.807) is 20.8 Å². The van der Waals surface area contributed by atoms with Gasteiger partial charge in [-0.15, -0.1) is 0 Å². The molecule has 0 saturated heterocycles. The molecule has 4 rings (SSSR count). The molecule has 1 aliphatic rings. The summed E-state index contributed by atoms with van der Waals surface area (Å²) in [6.45, 7) is 10.6. The van der Waals surface area contributed by atoms with Gasteiger partial charge in [0.2, 0.25) is 6.29 Å². The number of hydrogen-bond donors (Lipinski definition) is 4. The third-order valence-corrected chi connectivity index (χ3v) is 7.50. The van der Waals surface area contributed by atoms with Gasteiger partial charge in [-0.1, -0.05) is 12.7 Å². The van der Waals surface area contributed by atoms with Crippen LogP contribution in [0.5, 0.6) is 5.75 Å². The Morgan fingerprint density at radius 3 is 2.29 bits per heavy atom. The zero-order valence-corrected chi connectivity index (χ0v) is 29.5. The summed E-state index contributed by atoms with van der Waals surface area (Å²) in [6.07, 6.45) is -0.196. The summed E-state index contributed by atoms with van der Waals surface area (Å²) >= 11 is 0. The second-order valence-electron chi connectivity index (χ2n) is 11.8. The van der Waals surface area contributed by atoms with Gasteiger partial charge in [0.1, 0.15) is 17.3 Å². The van der Waals surface area contributed by atoms with Gasteiger partial charge >= 0.3 is 18.2 Å². The molecule has 1 unspecified atom stereocenters. The molecule has 1 fully saturated rings. The summed E-state index contributed by atoms with van der Waals surface area (Å²) in [6, 6.07) is 12.1. The van der Waals surface area contributed by atoms with E-state index in [9.17, 15) is 24.0 Å². The van der Waals surface area contributed by atoms with Crippen LogP contribution in [0.2, 0.25) is 0 Å². The van der Waals surface area contributed by atoms with Crippen LogP contribution in [-0.2, 0) is 18.9 Å². The molecule has 2 aromatic carbocycles. The van der Waals surface area contributed by atoms with Crippen LogP contribution in [0.4, 0.5) is 15.3 Å². The molecule has 0 radical (unpaired) electrons. The van der Waals surface area contributed by atoms with Crippen molar-refractivity contribution in [1.82, 2.24) is 15.6 Å². The Morgan fingerprint density at radius 1 is 0.962 bits per heavy atom. The maximum atomic E-state index is 13.9. The molecule has 1 aromatic heterocycles. The third kappa shape index (κ3) is 10.4. The number of anilines is 1. The number of nitrogens with one attached hydrogen (secondary N) is 4. The first-order valence-corrected chi connectivity index (χ1v) is 16.5. The lowest BCUT2D eigenvalue weighted by molar-refractivity contribution is -0.0868. The number of esters is 1. The summed E-state index contributed by atoms with van der Waals surface area (Å²) in [5.74, 6) is -1.66. The number of rotatable bonds is 14. The number of carbonyl (C=O) groups excluding carboxylic acids is 5. The van der Waals surface area contributed by atoms with Crippen LogP contribution in [0.25, 0.3) is 17.2 Å². The number of amides is 3. The van der Waals surface area contributed by atoms with Crippen molar-refractivity contribution in [3.63, 3.8) is 0 Å². The van der Waals surface area contributed by atoms with Crippen LogP contribution in [0.15, 0.2) is 55.1 Å². The Balaban J connectivity index is 1.72. The van der Waals surface area contributed by atoms with Gasteiger partial charge in [-0.2, -0.15) is 0 Å². The standard InChI is InChI=1S/C37H41N5O10/c1-7-23-17-28(33(43)40-25-13-11-24(12-14-25)32(38)42-36(46)49-8-2)27(18-30(23)48-6)26-15-16-29(34(44)39-19-22-9-10-22)41-31(26)35(45)51-21(5)52-37(47)50-20(3)4/h7,11-18,20-22H,1,8-10,19H2,2-6H3,(H,39,44)(H,40,43)(H2,38,42,46). The predicted octanol–water partition coefficient (Wildman–Crippen LogP) is 5.93. The van der Waals surface area contributed by atoms with Crippen molar-refractivity contribution in [3.8, 4) is 16.9 Å². The number of ether oxygens (including phenoxy) is 5. The molecule has 0 spiro atoms. The van der Waals surface area contributed by atoms with Crippen molar-refractivity contribution in [3.05, 3.63) is 83.2 Å². The highest BCUT2D eigenvalue weighted by atomic mass is 16.8. The van der Waals surface area contributed by atoms with Gasteiger partial charge < -0.3 is 34.3 Å². The molecule has 4 N–H and O–H groups in total.